The molecule has 10 aromatic rings. The van der Waals surface area contributed by atoms with E-state index < -0.39 is 0 Å². The van der Waals surface area contributed by atoms with Crippen molar-refractivity contribution in [3.8, 4) is 34.2 Å². The Bertz CT molecular complexity index is 3020. The molecule has 0 fully saturated rings. The first kappa shape index (κ1) is 29.2. The number of hydrogen-bond acceptors (Lipinski definition) is 6. The molecule has 0 N–H and O–H groups in total. The predicted octanol–water partition coefficient (Wildman–Crippen LogP) is 13.3. The molecular formula is C45H25N3S3. The van der Waals surface area contributed by atoms with Gasteiger partial charge in [-0.2, -0.15) is 0 Å². The van der Waals surface area contributed by atoms with Crippen LogP contribution in [-0.4, -0.2) is 15.0 Å². The van der Waals surface area contributed by atoms with Gasteiger partial charge in [0, 0.05) is 56.4 Å². The highest BCUT2D eigenvalue weighted by Crippen LogP contribution is 2.51. The molecule has 3 heterocycles. The lowest BCUT2D eigenvalue weighted by atomic mass is 9.93. The second-order valence-corrected chi connectivity index (χ2v) is 15.9. The van der Waals surface area contributed by atoms with Crippen LogP contribution >= 0.6 is 34.9 Å². The number of nitrogens with zero attached hydrogens (tertiary/aromatic N) is 3. The Balaban J connectivity index is 1.18. The van der Waals surface area contributed by atoms with Crippen LogP contribution in [0, 0.1) is 0 Å². The predicted molar refractivity (Wildman–Crippen MR) is 216 cm³/mol. The zero-order valence-corrected chi connectivity index (χ0v) is 29.4. The molecule has 0 spiro atoms. The van der Waals surface area contributed by atoms with Gasteiger partial charge in [-0.3, -0.25) is 0 Å². The van der Waals surface area contributed by atoms with Gasteiger partial charge in [0.05, 0.1) is 0 Å². The Kier molecular flexibility index (Phi) is 6.59. The molecule has 51 heavy (non-hydrogen) atoms. The lowest BCUT2D eigenvalue weighted by Gasteiger charge is -2.20. The summed E-state index contributed by atoms with van der Waals surface area (Å²) >= 11 is 5.41. The van der Waals surface area contributed by atoms with E-state index in [0.717, 1.165) is 16.7 Å². The fourth-order valence-electron chi connectivity index (χ4n) is 7.44. The second-order valence-electron chi connectivity index (χ2n) is 12.7. The van der Waals surface area contributed by atoms with Crippen molar-refractivity contribution in [1.82, 2.24) is 15.0 Å². The summed E-state index contributed by atoms with van der Waals surface area (Å²) in [5, 5.41) is 9.88. The highest BCUT2D eigenvalue weighted by Gasteiger charge is 2.23. The summed E-state index contributed by atoms with van der Waals surface area (Å²) in [6, 6.07) is 54.3. The second kappa shape index (κ2) is 11.5. The number of rotatable bonds is 3. The van der Waals surface area contributed by atoms with E-state index in [1.54, 1.807) is 23.1 Å². The number of aromatic nitrogens is 3. The van der Waals surface area contributed by atoms with Gasteiger partial charge in [0.1, 0.15) is 0 Å². The van der Waals surface area contributed by atoms with Crippen molar-refractivity contribution in [3.63, 3.8) is 0 Å². The molecule has 0 saturated carbocycles. The zero-order valence-electron chi connectivity index (χ0n) is 27.0. The summed E-state index contributed by atoms with van der Waals surface area (Å²) in [5.41, 5.74) is 3.01. The highest BCUT2D eigenvalue weighted by atomic mass is 32.2. The molecule has 0 radical (unpaired) electrons. The Labute approximate surface area is 306 Å². The Hall–Kier alpha value is -5.53. The van der Waals surface area contributed by atoms with Crippen molar-refractivity contribution in [2.75, 3.05) is 0 Å². The van der Waals surface area contributed by atoms with Crippen LogP contribution < -0.4 is 0 Å². The lowest BCUT2D eigenvalue weighted by molar-refractivity contribution is 1.06. The Morgan fingerprint density at radius 1 is 0.353 bits per heavy atom. The number of thiophene rings is 1. The molecule has 6 heteroatoms. The largest absolute Gasteiger partial charge is 0.208 e. The van der Waals surface area contributed by atoms with Crippen LogP contribution in [0.15, 0.2) is 171 Å². The molecule has 0 unspecified atom stereocenters. The van der Waals surface area contributed by atoms with E-state index in [-0.39, 0.29) is 0 Å². The van der Waals surface area contributed by atoms with Crippen molar-refractivity contribution in [3.05, 3.63) is 152 Å². The van der Waals surface area contributed by atoms with Crippen LogP contribution in [0.2, 0.25) is 0 Å². The molecule has 3 nitrogen and oxygen atoms in total. The van der Waals surface area contributed by atoms with Gasteiger partial charge in [0.25, 0.3) is 0 Å². The first-order chi connectivity index (χ1) is 25.3. The summed E-state index contributed by atoms with van der Waals surface area (Å²) < 4.78 is 2.44. The fraction of sp³-hybridized carbons (Fsp3) is 0. The molecule has 0 saturated heterocycles. The van der Waals surface area contributed by atoms with Gasteiger partial charge in [-0.1, -0.05) is 133 Å². The van der Waals surface area contributed by atoms with E-state index in [4.69, 9.17) is 15.0 Å². The standard InChI is InChI=1S/C45H25N3S3/c1-2-13-29-27(11-1)28-12-3-4-14-30(28)36-25-26(23-24-31(29)36)43-46-44(34-17-9-16-33-32-15-5-6-19-37(32)50-41(33)34)48-45(47-43)35-18-10-22-40-42(35)51-39-21-8-7-20-38(39)49-40/h1-25H. The third-order valence-corrected chi connectivity index (χ3v) is 13.6. The molecule has 0 bridgehead atoms. The van der Waals surface area contributed by atoms with E-state index >= 15 is 0 Å². The Morgan fingerprint density at radius 2 is 0.882 bits per heavy atom. The fourth-order valence-corrected chi connectivity index (χ4v) is 11.0. The van der Waals surface area contributed by atoms with Crippen LogP contribution in [0.1, 0.15) is 0 Å². The smallest absolute Gasteiger partial charge is 0.165 e. The summed E-state index contributed by atoms with van der Waals surface area (Å²) in [5.74, 6) is 2.03. The minimum atomic E-state index is 0.665. The zero-order chi connectivity index (χ0) is 33.5. The van der Waals surface area contributed by atoms with E-state index in [2.05, 4.69) is 152 Å². The van der Waals surface area contributed by atoms with E-state index in [0.29, 0.717) is 17.5 Å². The maximum atomic E-state index is 5.30. The first-order valence-corrected chi connectivity index (χ1v) is 19.3. The molecule has 1 aliphatic heterocycles. The van der Waals surface area contributed by atoms with E-state index in [9.17, 15) is 0 Å². The van der Waals surface area contributed by atoms with Crippen molar-refractivity contribution < 1.29 is 0 Å². The average Bonchev–Trinajstić information content (AvgIpc) is 3.58. The van der Waals surface area contributed by atoms with Gasteiger partial charge >= 0.3 is 0 Å². The molecule has 1 aliphatic rings. The molecule has 0 atom stereocenters. The highest BCUT2D eigenvalue weighted by molar-refractivity contribution is 8.05. The molecule has 238 valence electrons. The van der Waals surface area contributed by atoms with Crippen LogP contribution in [0.4, 0.5) is 0 Å². The normalized spacial score (nSPS) is 12.5. The lowest BCUT2D eigenvalue weighted by Crippen LogP contribution is -2.02. The minimum Gasteiger partial charge on any atom is -0.208 e. The third kappa shape index (κ3) is 4.64. The summed E-state index contributed by atoms with van der Waals surface area (Å²) in [7, 11) is 0. The van der Waals surface area contributed by atoms with Crippen LogP contribution in [0.5, 0.6) is 0 Å². The summed E-state index contributed by atoms with van der Waals surface area (Å²) in [6.07, 6.45) is 0. The van der Waals surface area contributed by atoms with Crippen molar-refractivity contribution >= 4 is 87.4 Å². The van der Waals surface area contributed by atoms with Crippen LogP contribution in [-0.2, 0) is 0 Å². The van der Waals surface area contributed by atoms with Crippen molar-refractivity contribution in [2.24, 2.45) is 0 Å². The SMILES string of the molecule is c1ccc2c(c1)Sc1cccc(-c3nc(-c4ccc5c6ccccc6c6ccccc6c5c4)nc(-c4cccc5c4sc4ccccc45)n3)c1S2. The number of benzene rings is 8. The Morgan fingerprint density at radius 3 is 1.65 bits per heavy atom. The van der Waals surface area contributed by atoms with Gasteiger partial charge < -0.3 is 0 Å². The van der Waals surface area contributed by atoms with Crippen LogP contribution in [0.3, 0.4) is 0 Å². The summed E-state index contributed by atoms with van der Waals surface area (Å²) in [4.78, 5) is 20.8. The quantitative estimate of drug-likeness (QED) is 0.171. The van der Waals surface area contributed by atoms with Gasteiger partial charge in [-0.05, 0) is 74.8 Å². The molecule has 2 aromatic heterocycles. The van der Waals surface area contributed by atoms with Gasteiger partial charge in [-0.25, -0.2) is 15.0 Å². The van der Waals surface area contributed by atoms with Crippen molar-refractivity contribution in [1.29, 1.82) is 0 Å². The molecule has 0 aliphatic carbocycles. The van der Waals surface area contributed by atoms with Gasteiger partial charge in [0.15, 0.2) is 17.5 Å². The van der Waals surface area contributed by atoms with E-state index in [1.807, 2.05) is 11.8 Å². The van der Waals surface area contributed by atoms with Crippen molar-refractivity contribution in [2.45, 2.75) is 19.6 Å². The molecule has 8 aromatic carbocycles. The monoisotopic (exact) mass is 703 g/mol. The summed E-state index contributed by atoms with van der Waals surface area (Å²) in [6.45, 7) is 0. The number of fused-ring (bicyclic) bond motifs is 11. The minimum absolute atomic E-state index is 0.665. The maximum Gasteiger partial charge on any atom is 0.165 e. The molecule has 0 amide bonds. The van der Waals surface area contributed by atoms with Gasteiger partial charge in [0.2, 0.25) is 0 Å². The van der Waals surface area contributed by atoms with Crippen LogP contribution in [0.25, 0.3) is 86.7 Å². The van der Waals surface area contributed by atoms with E-state index in [1.165, 1.54) is 72.1 Å². The maximum absolute atomic E-state index is 5.30. The topological polar surface area (TPSA) is 38.7 Å². The number of hydrogen-bond donors (Lipinski definition) is 0. The first-order valence-electron chi connectivity index (χ1n) is 16.9. The van der Waals surface area contributed by atoms with Gasteiger partial charge in [-0.15, -0.1) is 11.3 Å². The average molecular weight is 704 g/mol. The molecular weight excluding hydrogens is 679 g/mol. The third-order valence-electron chi connectivity index (χ3n) is 9.78. The molecule has 11 rings (SSSR count).